The SMILES string of the molecule is CC[C@H]1C[C@H](Nc2nc(Nc3cc(C)n(-c4cnc(N[C@@H]5C[C@H]6CC[C@@H](C5)N6CCC#N)c5cccnc45)n3)cc3ncccc23)C[C@@H](C)N1CCC#N. The Morgan fingerprint density at radius 3 is 2.28 bits per heavy atom. The molecule has 3 aliphatic heterocycles. The average Bonchev–Trinajstić information content (AvgIpc) is 3.66. The maximum atomic E-state index is 9.21. The van der Waals surface area contributed by atoms with Crippen LogP contribution in [0.4, 0.5) is 23.3 Å². The molecular formula is C41H49N13. The van der Waals surface area contributed by atoms with Gasteiger partial charge in [0.25, 0.3) is 0 Å². The van der Waals surface area contributed by atoms with Gasteiger partial charge in [-0.05, 0) is 83.1 Å². The Hall–Kier alpha value is -5.37. The highest BCUT2D eigenvalue weighted by atomic mass is 15.3. The van der Waals surface area contributed by atoms with E-state index in [4.69, 9.17) is 25.3 Å². The second kappa shape index (κ2) is 15.5. The third-order valence-corrected chi connectivity index (χ3v) is 11.8. The largest absolute Gasteiger partial charge is 0.367 e. The van der Waals surface area contributed by atoms with E-state index in [1.807, 2.05) is 54.5 Å². The number of hydrogen-bond donors (Lipinski definition) is 3. The quantitative estimate of drug-likeness (QED) is 0.120. The molecule has 0 unspecified atom stereocenters. The van der Waals surface area contributed by atoms with Gasteiger partial charge < -0.3 is 16.0 Å². The molecule has 3 fully saturated rings. The fraction of sp³-hybridized carbons (Fsp3) is 0.488. The highest BCUT2D eigenvalue weighted by Gasteiger charge is 2.40. The van der Waals surface area contributed by atoms with Gasteiger partial charge in [-0.3, -0.25) is 19.8 Å². The van der Waals surface area contributed by atoms with Crippen LogP contribution in [0.25, 0.3) is 27.5 Å². The summed E-state index contributed by atoms with van der Waals surface area (Å²) in [6.07, 6.45) is 14.2. The van der Waals surface area contributed by atoms with Crippen molar-refractivity contribution in [2.24, 2.45) is 0 Å². The van der Waals surface area contributed by atoms with Crippen LogP contribution in [-0.2, 0) is 0 Å². The van der Waals surface area contributed by atoms with Gasteiger partial charge >= 0.3 is 0 Å². The summed E-state index contributed by atoms with van der Waals surface area (Å²) in [5.41, 5.74) is 3.43. The first kappa shape index (κ1) is 35.6. The molecule has 0 amide bonds. The minimum absolute atomic E-state index is 0.249. The number of piperidine rings is 2. The molecule has 5 aromatic heterocycles. The first-order chi connectivity index (χ1) is 26.4. The summed E-state index contributed by atoms with van der Waals surface area (Å²) in [5, 5.41) is 36.3. The number of likely N-dealkylation sites (tertiary alicyclic amines) is 1. The van der Waals surface area contributed by atoms with E-state index >= 15 is 0 Å². The van der Waals surface area contributed by atoms with Gasteiger partial charge in [-0.15, -0.1) is 5.10 Å². The summed E-state index contributed by atoms with van der Waals surface area (Å²) in [5.74, 6) is 2.98. The minimum atomic E-state index is 0.249. The lowest BCUT2D eigenvalue weighted by Gasteiger charge is -2.44. The molecule has 0 aromatic carbocycles. The van der Waals surface area contributed by atoms with Crippen LogP contribution >= 0.6 is 0 Å². The highest BCUT2D eigenvalue weighted by molar-refractivity contribution is 5.94. The van der Waals surface area contributed by atoms with Crippen molar-refractivity contribution in [1.29, 1.82) is 10.5 Å². The number of aromatic nitrogens is 6. The minimum Gasteiger partial charge on any atom is -0.367 e. The third kappa shape index (κ3) is 7.14. The van der Waals surface area contributed by atoms with E-state index in [1.54, 1.807) is 0 Å². The van der Waals surface area contributed by atoms with Crippen LogP contribution in [-0.4, -0.2) is 88.9 Å². The molecule has 13 nitrogen and oxygen atoms in total. The van der Waals surface area contributed by atoms with Crippen molar-refractivity contribution in [2.45, 2.75) is 115 Å². The fourth-order valence-electron chi connectivity index (χ4n) is 9.38. The smallest absolute Gasteiger partial charge is 0.154 e. The van der Waals surface area contributed by atoms with Crippen molar-refractivity contribution in [2.75, 3.05) is 29.0 Å². The number of rotatable bonds is 12. The second-order valence-electron chi connectivity index (χ2n) is 15.2. The monoisotopic (exact) mass is 723 g/mol. The van der Waals surface area contributed by atoms with Gasteiger partial charge in [0.15, 0.2) is 5.82 Å². The Morgan fingerprint density at radius 1 is 0.815 bits per heavy atom. The Morgan fingerprint density at radius 2 is 1.52 bits per heavy atom. The lowest BCUT2D eigenvalue weighted by atomic mass is 9.90. The molecule has 2 bridgehead atoms. The van der Waals surface area contributed by atoms with E-state index in [0.29, 0.717) is 54.7 Å². The van der Waals surface area contributed by atoms with Gasteiger partial charge in [-0.25, -0.2) is 14.6 Å². The zero-order valence-corrected chi connectivity index (χ0v) is 31.4. The van der Waals surface area contributed by atoms with E-state index in [2.05, 4.69) is 68.9 Å². The summed E-state index contributed by atoms with van der Waals surface area (Å²) < 4.78 is 1.90. The Balaban J connectivity index is 1.02. The van der Waals surface area contributed by atoms with Gasteiger partial charge in [-0.2, -0.15) is 10.5 Å². The van der Waals surface area contributed by atoms with Gasteiger partial charge in [0.2, 0.25) is 0 Å². The Labute approximate surface area is 316 Å². The molecule has 8 heterocycles. The summed E-state index contributed by atoms with van der Waals surface area (Å²) >= 11 is 0. The number of fused-ring (bicyclic) bond motifs is 4. The van der Waals surface area contributed by atoms with Crippen molar-refractivity contribution < 1.29 is 0 Å². The van der Waals surface area contributed by atoms with Gasteiger partial charge in [0.1, 0.15) is 28.7 Å². The summed E-state index contributed by atoms with van der Waals surface area (Å²) in [4.78, 5) is 24.6. The van der Waals surface area contributed by atoms with Crippen molar-refractivity contribution >= 4 is 45.1 Å². The Bertz CT molecular complexity index is 2190. The van der Waals surface area contributed by atoms with E-state index in [1.165, 1.54) is 12.8 Å². The zero-order chi connectivity index (χ0) is 37.2. The summed E-state index contributed by atoms with van der Waals surface area (Å²) in [6.45, 7) is 8.22. The maximum Gasteiger partial charge on any atom is 0.154 e. The first-order valence-corrected chi connectivity index (χ1v) is 19.5. The molecular weight excluding hydrogens is 675 g/mol. The molecule has 13 heteroatoms. The Kier molecular flexibility index (Phi) is 10.3. The molecule has 3 N–H and O–H groups in total. The predicted molar refractivity (Wildman–Crippen MR) is 212 cm³/mol. The molecule has 278 valence electrons. The second-order valence-corrected chi connectivity index (χ2v) is 15.2. The van der Waals surface area contributed by atoms with E-state index in [0.717, 1.165) is 90.0 Å². The molecule has 8 rings (SSSR count). The van der Waals surface area contributed by atoms with E-state index < -0.39 is 0 Å². The lowest BCUT2D eigenvalue weighted by Crippen LogP contribution is -2.51. The molecule has 54 heavy (non-hydrogen) atoms. The normalized spacial score (nSPS) is 24.3. The van der Waals surface area contributed by atoms with Crippen LogP contribution in [0, 0.1) is 29.6 Å². The van der Waals surface area contributed by atoms with Gasteiger partial charge in [-0.1, -0.05) is 6.92 Å². The van der Waals surface area contributed by atoms with E-state index in [9.17, 15) is 5.26 Å². The fourth-order valence-corrected chi connectivity index (χ4v) is 9.38. The molecule has 0 saturated carbocycles. The number of pyridine rings is 4. The van der Waals surface area contributed by atoms with Crippen LogP contribution in [0.5, 0.6) is 0 Å². The molecule has 0 aliphatic carbocycles. The number of nitriles is 2. The predicted octanol–water partition coefficient (Wildman–Crippen LogP) is 7.09. The topological polar surface area (TPSA) is 160 Å². The molecule has 5 aromatic rings. The van der Waals surface area contributed by atoms with E-state index in [-0.39, 0.29) is 6.04 Å². The lowest BCUT2D eigenvalue weighted by molar-refractivity contribution is 0.0859. The van der Waals surface area contributed by atoms with Gasteiger partial charge in [0.05, 0.1) is 23.9 Å². The number of nitrogens with zero attached hydrogens (tertiary/aromatic N) is 10. The van der Waals surface area contributed by atoms with Crippen LogP contribution in [0.2, 0.25) is 0 Å². The number of anilines is 4. The molecule has 6 atom stereocenters. The molecule has 0 radical (unpaired) electrons. The van der Waals surface area contributed by atoms with Crippen LogP contribution < -0.4 is 16.0 Å². The molecule has 0 spiro atoms. The summed E-state index contributed by atoms with van der Waals surface area (Å²) in [7, 11) is 0. The average molecular weight is 724 g/mol. The first-order valence-electron chi connectivity index (χ1n) is 19.5. The summed E-state index contributed by atoms with van der Waals surface area (Å²) in [6, 6.07) is 19.1. The van der Waals surface area contributed by atoms with Gasteiger partial charge in [0, 0.05) is 103 Å². The maximum absolute atomic E-state index is 9.21. The standard InChI is InChI=1S/C41H49N13/c1-4-30-21-28(19-26(2)52(30)17-7-13-42)48-41-33-9-5-15-44-35(33)24-37(50-41)49-38-20-27(3)54(51-38)36-25-46-40(34-10-6-16-45-39(34)36)47-29-22-31-11-12-32(23-29)53(31)18-8-14-43/h5-6,9-10,15-16,20,24-26,28-32H,4,7-8,11-12,17-19,21-23H2,1-3H3,(H,46,47)(H2,48,49,50,51)/t26-,28-,29-,30+,31-,32+/m1/s1. The van der Waals surface area contributed by atoms with Crippen molar-refractivity contribution in [3.05, 3.63) is 60.7 Å². The zero-order valence-electron chi connectivity index (χ0n) is 31.4. The van der Waals surface area contributed by atoms with Crippen LogP contribution in [0.3, 0.4) is 0 Å². The number of aryl methyl sites for hydroxylation is 1. The van der Waals surface area contributed by atoms with Crippen molar-refractivity contribution in [3.63, 3.8) is 0 Å². The number of nitrogens with one attached hydrogen (secondary N) is 3. The molecule has 3 aliphatic rings. The highest BCUT2D eigenvalue weighted by Crippen LogP contribution is 2.38. The third-order valence-electron chi connectivity index (χ3n) is 11.8. The van der Waals surface area contributed by atoms with Crippen LogP contribution in [0.15, 0.2) is 55.0 Å². The molecule has 3 saturated heterocycles. The van der Waals surface area contributed by atoms with Crippen molar-refractivity contribution in [3.8, 4) is 17.8 Å². The number of hydrogen-bond acceptors (Lipinski definition) is 12. The van der Waals surface area contributed by atoms with Crippen molar-refractivity contribution in [1.82, 2.24) is 39.5 Å². The van der Waals surface area contributed by atoms with Crippen LogP contribution in [0.1, 0.15) is 77.3 Å².